The third-order valence-electron chi connectivity index (χ3n) is 3.79. The van der Waals surface area contributed by atoms with E-state index in [0.717, 1.165) is 22.6 Å². The average molecular weight is 306 g/mol. The molecule has 4 heteroatoms. The van der Waals surface area contributed by atoms with Gasteiger partial charge in [-0.2, -0.15) is 5.10 Å². The van der Waals surface area contributed by atoms with E-state index in [-0.39, 0.29) is 5.97 Å². The number of aromatic nitrogens is 2. The Morgan fingerprint density at radius 2 is 1.65 bits per heavy atom. The molecule has 0 aliphatic rings. The summed E-state index contributed by atoms with van der Waals surface area (Å²) in [4.78, 5) is 12.2. The van der Waals surface area contributed by atoms with Crippen LogP contribution in [0, 0.1) is 6.92 Å². The van der Waals surface area contributed by atoms with Gasteiger partial charge in [-0.15, -0.1) is 0 Å². The highest BCUT2D eigenvalue weighted by Crippen LogP contribution is 2.21. The Hall–Kier alpha value is -2.88. The molecule has 0 saturated carbocycles. The average Bonchev–Trinajstić information content (AvgIpc) is 2.92. The van der Waals surface area contributed by atoms with Crippen LogP contribution in [-0.4, -0.2) is 22.9 Å². The van der Waals surface area contributed by atoms with Crippen LogP contribution in [0.1, 0.15) is 27.3 Å². The van der Waals surface area contributed by atoms with Crippen molar-refractivity contribution in [1.29, 1.82) is 0 Å². The maximum atomic E-state index is 12.2. The van der Waals surface area contributed by atoms with E-state index >= 15 is 0 Å². The third-order valence-corrected chi connectivity index (χ3v) is 3.79. The van der Waals surface area contributed by atoms with Crippen molar-refractivity contribution in [3.05, 3.63) is 83.2 Å². The van der Waals surface area contributed by atoms with Gasteiger partial charge in [-0.05, 0) is 24.6 Å². The van der Waals surface area contributed by atoms with Crippen molar-refractivity contribution in [3.63, 3.8) is 0 Å². The standard InChI is InChI=1S/C19H18N2O2/c1-14-18(19(22)23-2)17(13-15-9-5-3-6-10-15)20-21(14)16-11-7-4-8-12-16/h3-12H,13H2,1-2H3. The van der Waals surface area contributed by atoms with E-state index in [1.807, 2.05) is 67.6 Å². The summed E-state index contributed by atoms with van der Waals surface area (Å²) in [5.41, 5.74) is 4.09. The van der Waals surface area contributed by atoms with Gasteiger partial charge in [0.25, 0.3) is 0 Å². The third kappa shape index (κ3) is 3.01. The van der Waals surface area contributed by atoms with Gasteiger partial charge in [0.15, 0.2) is 0 Å². The van der Waals surface area contributed by atoms with Crippen molar-refractivity contribution < 1.29 is 9.53 Å². The number of esters is 1. The van der Waals surface area contributed by atoms with Gasteiger partial charge in [0.2, 0.25) is 0 Å². The molecule has 1 heterocycles. The fourth-order valence-corrected chi connectivity index (χ4v) is 2.66. The van der Waals surface area contributed by atoms with Gasteiger partial charge in [0, 0.05) is 6.42 Å². The number of benzene rings is 2. The van der Waals surface area contributed by atoms with Crippen LogP contribution < -0.4 is 0 Å². The van der Waals surface area contributed by atoms with E-state index in [4.69, 9.17) is 4.74 Å². The van der Waals surface area contributed by atoms with Crippen molar-refractivity contribution in [2.75, 3.05) is 7.11 Å². The highest BCUT2D eigenvalue weighted by atomic mass is 16.5. The van der Waals surface area contributed by atoms with Gasteiger partial charge in [-0.1, -0.05) is 48.5 Å². The topological polar surface area (TPSA) is 44.1 Å². The number of methoxy groups -OCH3 is 1. The predicted molar refractivity (Wildman–Crippen MR) is 88.9 cm³/mol. The molecule has 3 rings (SSSR count). The molecule has 0 aliphatic heterocycles. The van der Waals surface area contributed by atoms with Crippen LogP contribution in [0.15, 0.2) is 60.7 Å². The van der Waals surface area contributed by atoms with E-state index in [9.17, 15) is 4.79 Å². The van der Waals surface area contributed by atoms with Crippen LogP contribution in [0.5, 0.6) is 0 Å². The summed E-state index contributed by atoms with van der Waals surface area (Å²) in [7, 11) is 1.40. The number of ether oxygens (including phenoxy) is 1. The molecule has 3 aromatic rings. The summed E-state index contributed by atoms with van der Waals surface area (Å²) in [6, 6.07) is 19.8. The molecule has 23 heavy (non-hydrogen) atoms. The molecule has 1 aromatic heterocycles. The maximum Gasteiger partial charge on any atom is 0.341 e. The van der Waals surface area contributed by atoms with Crippen molar-refractivity contribution in [2.24, 2.45) is 0 Å². The molecule has 0 N–H and O–H groups in total. The predicted octanol–water partition coefficient (Wildman–Crippen LogP) is 3.56. The van der Waals surface area contributed by atoms with Gasteiger partial charge in [0.05, 0.1) is 24.2 Å². The second-order valence-electron chi connectivity index (χ2n) is 5.31. The minimum Gasteiger partial charge on any atom is -0.465 e. The Morgan fingerprint density at radius 1 is 1.04 bits per heavy atom. The number of carbonyl (C=O) groups is 1. The van der Waals surface area contributed by atoms with Crippen molar-refractivity contribution in [3.8, 4) is 5.69 Å². The zero-order valence-electron chi connectivity index (χ0n) is 13.2. The molecule has 0 unspecified atom stereocenters. The Bertz CT molecular complexity index is 808. The largest absolute Gasteiger partial charge is 0.465 e. The second-order valence-corrected chi connectivity index (χ2v) is 5.31. The summed E-state index contributed by atoms with van der Waals surface area (Å²) in [5.74, 6) is -0.351. The Kier molecular flexibility index (Phi) is 4.24. The van der Waals surface area contributed by atoms with Gasteiger partial charge >= 0.3 is 5.97 Å². The minimum absolute atomic E-state index is 0.351. The molecular formula is C19H18N2O2. The smallest absolute Gasteiger partial charge is 0.341 e. The molecule has 0 bridgehead atoms. The second kappa shape index (κ2) is 6.48. The van der Waals surface area contributed by atoms with Gasteiger partial charge in [-0.3, -0.25) is 0 Å². The van der Waals surface area contributed by atoms with Gasteiger partial charge in [-0.25, -0.2) is 9.48 Å². The van der Waals surface area contributed by atoms with Crippen LogP contribution in [0.25, 0.3) is 5.69 Å². The summed E-state index contributed by atoms with van der Waals surface area (Å²) in [5, 5.41) is 4.66. The number of hydrogen-bond donors (Lipinski definition) is 0. The number of hydrogen-bond acceptors (Lipinski definition) is 3. The summed E-state index contributed by atoms with van der Waals surface area (Å²) in [6.45, 7) is 1.89. The molecule has 0 radical (unpaired) electrons. The van der Waals surface area contributed by atoms with Crippen LogP contribution in [0.3, 0.4) is 0 Å². The van der Waals surface area contributed by atoms with E-state index in [1.54, 1.807) is 4.68 Å². The lowest BCUT2D eigenvalue weighted by Gasteiger charge is -2.04. The van der Waals surface area contributed by atoms with E-state index in [1.165, 1.54) is 7.11 Å². The normalized spacial score (nSPS) is 10.5. The quantitative estimate of drug-likeness (QED) is 0.692. The van der Waals surface area contributed by atoms with E-state index < -0.39 is 0 Å². The SMILES string of the molecule is COC(=O)c1c(Cc2ccccc2)nn(-c2ccccc2)c1C. The van der Waals surface area contributed by atoms with Crippen molar-refractivity contribution in [2.45, 2.75) is 13.3 Å². The van der Waals surface area contributed by atoms with Crippen LogP contribution >= 0.6 is 0 Å². The molecular weight excluding hydrogens is 288 g/mol. The first-order valence-corrected chi connectivity index (χ1v) is 7.47. The fourth-order valence-electron chi connectivity index (χ4n) is 2.66. The van der Waals surface area contributed by atoms with Crippen molar-refractivity contribution in [1.82, 2.24) is 9.78 Å². The zero-order chi connectivity index (χ0) is 16.2. The molecule has 0 spiro atoms. The zero-order valence-corrected chi connectivity index (χ0v) is 13.2. The molecule has 0 saturated heterocycles. The molecule has 2 aromatic carbocycles. The van der Waals surface area contributed by atoms with Gasteiger partial charge < -0.3 is 4.74 Å². The first kappa shape index (κ1) is 15.0. The highest BCUT2D eigenvalue weighted by molar-refractivity contribution is 5.92. The lowest BCUT2D eigenvalue weighted by Crippen LogP contribution is -2.06. The lowest BCUT2D eigenvalue weighted by atomic mass is 10.1. The number of para-hydroxylation sites is 1. The number of nitrogens with zero attached hydrogens (tertiary/aromatic N) is 2. The fraction of sp³-hybridized carbons (Fsp3) is 0.158. The molecule has 0 amide bonds. The van der Waals surface area contributed by atoms with Crippen molar-refractivity contribution >= 4 is 5.97 Å². The molecule has 4 nitrogen and oxygen atoms in total. The van der Waals surface area contributed by atoms with Crippen LogP contribution in [0.4, 0.5) is 0 Å². The summed E-state index contributed by atoms with van der Waals surface area (Å²) in [6.07, 6.45) is 0.589. The lowest BCUT2D eigenvalue weighted by molar-refractivity contribution is 0.0599. The molecule has 0 fully saturated rings. The van der Waals surface area contributed by atoms with E-state index in [2.05, 4.69) is 5.10 Å². The van der Waals surface area contributed by atoms with Crippen LogP contribution in [0.2, 0.25) is 0 Å². The molecule has 0 aliphatic carbocycles. The molecule has 116 valence electrons. The number of rotatable bonds is 4. The highest BCUT2D eigenvalue weighted by Gasteiger charge is 2.22. The summed E-state index contributed by atoms with van der Waals surface area (Å²) < 4.78 is 6.75. The van der Waals surface area contributed by atoms with Crippen LogP contribution in [-0.2, 0) is 11.2 Å². The molecule has 0 atom stereocenters. The Morgan fingerprint density at radius 3 is 2.26 bits per heavy atom. The first-order valence-electron chi connectivity index (χ1n) is 7.47. The summed E-state index contributed by atoms with van der Waals surface area (Å²) >= 11 is 0. The maximum absolute atomic E-state index is 12.2. The van der Waals surface area contributed by atoms with E-state index in [0.29, 0.717) is 12.0 Å². The minimum atomic E-state index is -0.351. The number of carbonyl (C=O) groups excluding carboxylic acids is 1. The monoisotopic (exact) mass is 306 g/mol. The Balaban J connectivity index is 2.09. The van der Waals surface area contributed by atoms with Gasteiger partial charge in [0.1, 0.15) is 5.56 Å². The first-order chi connectivity index (χ1) is 11.2. The Labute approximate surface area is 135 Å².